The third-order valence-corrected chi connectivity index (χ3v) is 6.21. The molecule has 2 N–H and O–H groups in total. The molecule has 2 rings (SSSR count). The molecule has 0 aliphatic heterocycles. The Hall–Kier alpha value is -3.10. The molecule has 9 heteroatoms. The SMILES string of the molecule is CCc1ccc(C(C(=O)NCC(=O)OC)N(C(=O)C(NC(=O)OC(C)(C)C)C(C)CC)C2CC2)cc1. The normalized spacial score (nSPS) is 15.8. The fourth-order valence-electron chi connectivity index (χ4n) is 3.85. The summed E-state index contributed by atoms with van der Waals surface area (Å²) in [5, 5.41) is 5.36. The van der Waals surface area contributed by atoms with Crippen LogP contribution in [0.4, 0.5) is 4.79 Å². The summed E-state index contributed by atoms with van der Waals surface area (Å²) in [6, 6.07) is 5.54. The number of hydrogen-bond donors (Lipinski definition) is 2. The Bertz CT molecular complexity index is 920. The van der Waals surface area contributed by atoms with Crippen molar-refractivity contribution in [2.24, 2.45) is 5.92 Å². The highest BCUT2D eigenvalue weighted by molar-refractivity contribution is 5.93. The number of amides is 3. The maximum Gasteiger partial charge on any atom is 0.408 e. The van der Waals surface area contributed by atoms with E-state index in [2.05, 4.69) is 15.4 Å². The molecule has 0 radical (unpaired) electrons. The quantitative estimate of drug-likeness (QED) is 0.447. The number of methoxy groups -OCH3 is 1. The summed E-state index contributed by atoms with van der Waals surface area (Å²) < 4.78 is 10.1. The van der Waals surface area contributed by atoms with Crippen LogP contribution >= 0.6 is 0 Å². The number of benzene rings is 1. The monoisotopic (exact) mass is 503 g/mol. The molecule has 1 aliphatic rings. The fourth-order valence-corrected chi connectivity index (χ4v) is 3.85. The van der Waals surface area contributed by atoms with E-state index in [-0.39, 0.29) is 24.4 Å². The molecule has 1 fully saturated rings. The van der Waals surface area contributed by atoms with Crippen LogP contribution in [0, 0.1) is 5.92 Å². The zero-order chi connectivity index (χ0) is 27.0. The van der Waals surface area contributed by atoms with Gasteiger partial charge in [0, 0.05) is 6.04 Å². The molecule has 36 heavy (non-hydrogen) atoms. The van der Waals surface area contributed by atoms with Crippen molar-refractivity contribution in [3.63, 3.8) is 0 Å². The maximum atomic E-state index is 14.0. The van der Waals surface area contributed by atoms with Crippen LogP contribution in [0.2, 0.25) is 0 Å². The Labute approximate surface area is 214 Å². The number of carbonyl (C=O) groups is 4. The predicted molar refractivity (Wildman–Crippen MR) is 136 cm³/mol. The molecule has 3 amide bonds. The maximum absolute atomic E-state index is 14.0. The Morgan fingerprint density at radius 2 is 1.69 bits per heavy atom. The Morgan fingerprint density at radius 3 is 2.17 bits per heavy atom. The average molecular weight is 504 g/mol. The summed E-state index contributed by atoms with van der Waals surface area (Å²) in [6.45, 7) is 10.8. The molecule has 1 aromatic carbocycles. The molecule has 1 aromatic rings. The van der Waals surface area contributed by atoms with Crippen LogP contribution in [0.5, 0.6) is 0 Å². The molecule has 0 bridgehead atoms. The van der Waals surface area contributed by atoms with Gasteiger partial charge in [-0.05, 0) is 57.1 Å². The van der Waals surface area contributed by atoms with Gasteiger partial charge in [0.05, 0.1) is 7.11 Å². The minimum Gasteiger partial charge on any atom is -0.468 e. The summed E-state index contributed by atoms with van der Waals surface area (Å²) in [7, 11) is 1.24. The summed E-state index contributed by atoms with van der Waals surface area (Å²) in [6.07, 6.45) is 2.28. The van der Waals surface area contributed by atoms with E-state index < -0.39 is 35.7 Å². The van der Waals surface area contributed by atoms with Crippen molar-refractivity contribution in [2.45, 2.75) is 91.0 Å². The number of nitrogens with one attached hydrogen (secondary N) is 2. The van der Waals surface area contributed by atoms with Gasteiger partial charge in [-0.2, -0.15) is 0 Å². The number of alkyl carbamates (subject to hydrolysis) is 1. The molecule has 0 heterocycles. The van der Waals surface area contributed by atoms with E-state index in [1.54, 1.807) is 25.7 Å². The Balaban J connectivity index is 2.45. The summed E-state index contributed by atoms with van der Waals surface area (Å²) in [5.74, 6) is -1.62. The van der Waals surface area contributed by atoms with Crippen molar-refractivity contribution in [3.05, 3.63) is 35.4 Å². The van der Waals surface area contributed by atoms with Gasteiger partial charge in [-0.1, -0.05) is 51.5 Å². The second kappa shape index (κ2) is 12.7. The number of hydrogen-bond acceptors (Lipinski definition) is 6. The topological polar surface area (TPSA) is 114 Å². The predicted octanol–water partition coefficient (Wildman–Crippen LogP) is 3.51. The highest BCUT2D eigenvalue weighted by atomic mass is 16.6. The first-order valence-corrected chi connectivity index (χ1v) is 12.7. The minimum atomic E-state index is -0.965. The van der Waals surface area contributed by atoms with Gasteiger partial charge in [-0.15, -0.1) is 0 Å². The molecule has 0 spiro atoms. The Kier molecular flexibility index (Phi) is 10.3. The first-order valence-electron chi connectivity index (χ1n) is 12.7. The van der Waals surface area contributed by atoms with E-state index in [1.807, 2.05) is 45.0 Å². The van der Waals surface area contributed by atoms with Crippen molar-refractivity contribution in [2.75, 3.05) is 13.7 Å². The van der Waals surface area contributed by atoms with Gasteiger partial charge in [0.15, 0.2) is 0 Å². The van der Waals surface area contributed by atoms with E-state index in [9.17, 15) is 19.2 Å². The van der Waals surface area contributed by atoms with Crippen LogP contribution in [0.25, 0.3) is 0 Å². The molecule has 200 valence electrons. The summed E-state index contributed by atoms with van der Waals surface area (Å²) in [5.41, 5.74) is 1.01. The second-order valence-electron chi connectivity index (χ2n) is 10.3. The van der Waals surface area contributed by atoms with E-state index in [4.69, 9.17) is 4.74 Å². The smallest absolute Gasteiger partial charge is 0.408 e. The van der Waals surface area contributed by atoms with E-state index in [0.29, 0.717) is 12.0 Å². The molecule has 0 aromatic heterocycles. The number of esters is 1. The zero-order valence-electron chi connectivity index (χ0n) is 22.6. The molecule has 0 saturated heterocycles. The lowest BCUT2D eigenvalue weighted by molar-refractivity contribution is -0.145. The lowest BCUT2D eigenvalue weighted by atomic mass is 9.95. The molecule has 1 saturated carbocycles. The third kappa shape index (κ3) is 8.24. The standard InChI is InChI=1S/C27H41N3O6/c1-8-17(3)22(29-26(34)36-27(4,5)6)25(33)30(20-14-15-20)23(24(32)28-16-21(31)35-7)19-12-10-18(9-2)11-13-19/h10-13,17,20,22-23H,8-9,14-16H2,1-7H3,(H,28,32)(H,29,34). The highest BCUT2D eigenvalue weighted by Gasteiger charge is 2.45. The van der Waals surface area contributed by atoms with Crippen molar-refractivity contribution in [1.82, 2.24) is 15.5 Å². The summed E-state index contributed by atoms with van der Waals surface area (Å²) >= 11 is 0. The average Bonchev–Trinajstić information content (AvgIpc) is 3.67. The first kappa shape index (κ1) is 29.1. The van der Waals surface area contributed by atoms with Gasteiger partial charge >= 0.3 is 12.1 Å². The van der Waals surface area contributed by atoms with Crippen LogP contribution in [0.1, 0.15) is 78.0 Å². The van der Waals surface area contributed by atoms with E-state index in [0.717, 1.165) is 24.8 Å². The minimum absolute atomic E-state index is 0.149. The number of ether oxygens (including phenoxy) is 2. The zero-order valence-corrected chi connectivity index (χ0v) is 22.6. The molecule has 1 aliphatic carbocycles. The number of nitrogens with zero attached hydrogens (tertiary/aromatic N) is 1. The molecule has 3 atom stereocenters. The van der Waals surface area contributed by atoms with E-state index >= 15 is 0 Å². The third-order valence-electron chi connectivity index (χ3n) is 6.21. The van der Waals surface area contributed by atoms with Crippen LogP contribution < -0.4 is 10.6 Å². The van der Waals surface area contributed by atoms with Crippen LogP contribution in [-0.2, 0) is 30.3 Å². The van der Waals surface area contributed by atoms with Crippen molar-refractivity contribution in [1.29, 1.82) is 0 Å². The van der Waals surface area contributed by atoms with Gasteiger partial charge < -0.3 is 25.0 Å². The molecular formula is C27H41N3O6. The van der Waals surface area contributed by atoms with Crippen molar-refractivity contribution in [3.8, 4) is 0 Å². The van der Waals surface area contributed by atoms with Crippen LogP contribution in [0.3, 0.4) is 0 Å². The summed E-state index contributed by atoms with van der Waals surface area (Å²) in [4.78, 5) is 53.4. The van der Waals surface area contributed by atoms with Gasteiger partial charge in [0.25, 0.3) is 0 Å². The van der Waals surface area contributed by atoms with Crippen LogP contribution in [0.15, 0.2) is 24.3 Å². The number of carbonyl (C=O) groups excluding carboxylic acids is 4. The number of rotatable bonds is 11. The lowest BCUT2D eigenvalue weighted by Gasteiger charge is -2.36. The highest BCUT2D eigenvalue weighted by Crippen LogP contribution is 2.36. The van der Waals surface area contributed by atoms with E-state index in [1.165, 1.54) is 7.11 Å². The Morgan fingerprint density at radius 1 is 1.08 bits per heavy atom. The molecule has 3 unspecified atom stereocenters. The van der Waals surface area contributed by atoms with Gasteiger partial charge in [0.1, 0.15) is 24.2 Å². The largest absolute Gasteiger partial charge is 0.468 e. The molecule has 9 nitrogen and oxygen atoms in total. The van der Waals surface area contributed by atoms with Crippen molar-refractivity contribution < 1.29 is 28.7 Å². The molecular weight excluding hydrogens is 462 g/mol. The first-order chi connectivity index (χ1) is 16.9. The van der Waals surface area contributed by atoms with Crippen LogP contribution in [-0.4, -0.2) is 60.1 Å². The van der Waals surface area contributed by atoms with Gasteiger partial charge in [0.2, 0.25) is 11.8 Å². The lowest BCUT2D eigenvalue weighted by Crippen LogP contribution is -2.56. The van der Waals surface area contributed by atoms with Gasteiger partial charge in [-0.25, -0.2) is 4.79 Å². The second-order valence-corrected chi connectivity index (χ2v) is 10.3. The fraction of sp³-hybridized carbons (Fsp3) is 0.630. The number of aryl methyl sites for hydroxylation is 1. The van der Waals surface area contributed by atoms with Gasteiger partial charge in [-0.3, -0.25) is 14.4 Å². The van der Waals surface area contributed by atoms with Crippen molar-refractivity contribution >= 4 is 23.9 Å².